The summed E-state index contributed by atoms with van der Waals surface area (Å²) < 4.78 is 2.04. The first-order valence-corrected chi connectivity index (χ1v) is 7.57. The molecular formula is C15H21N5O2. The number of nitrogens with one attached hydrogen (secondary N) is 1. The molecule has 7 heteroatoms. The summed E-state index contributed by atoms with van der Waals surface area (Å²) in [5.41, 5.74) is 5.06. The topological polar surface area (TPSA) is 79.6 Å². The molecule has 0 atom stereocenters. The van der Waals surface area contributed by atoms with Crippen molar-refractivity contribution in [1.29, 1.82) is 0 Å². The molecule has 0 aromatic carbocycles. The molecule has 2 aliphatic heterocycles. The van der Waals surface area contributed by atoms with Crippen molar-refractivity contribution >= 4 is 17.5 Å². The van der Waals surface area contributed by atoms with Crippen molar-refractivity contribution in [3.8, 4) is 0 Å². The van der Waals surface area contributed by atoms with Gasteiger partial charge in [0.2, 0.25) is 5.91 Å². The van der Waals surface area contributed by atoms with Crippen LogP contribution in [0.5, 0.6) is 0 Å². The van der Waals surface area contributed by atoms with Gasteiger partial charge in [0.15, 0.2) is 0 Å². The number of hydrogen-bond donors (Lipinski definition) is 1. The van der Waals surface area contributed by atoms with Crippen LogP contribution in [0.1, 0.15) is 44.9 Å². The van der Waals surface area contributed by atoms with Gasteiger partial charge in [-0.3, -0.25) is 14.3 Å². The van der Waals surface area contributed by atoms with E-state index in [1.54, 1.807) is 4.90 Å². The van der Waals surface area contributed by atoms with Gasteiger partial charge in [0, 0.05) is 43.6 Å². The highest BCUT2D eigenvalue weighted by atomic mass is 16.2. The van der Waals surface area contributed by atoms with Crippen LogP contribution in [-0.4, -0.2) is 38.8 Å². The van der Waals surface area contributed by atoms with Gasteiger partial charge in [-0.05, 0) is 20.8 Å². The van der Waals surface area contributed by atoms with E-state index in [9.17, 15) is 9.59 Å². The third-order valence-electron chi connectivity index (χ3n) is 4.01. The van der Waals surface area contributed by atoms with E-state index in [4.69, 9.17) is 0 Å². The highest BCUT2D eigenvalue weighted by Crippen LogP contribution is 2.24. The number of rotatable bonds is 1. The van der Waals surface area contributed by atoms with Crippen molar-refractivity contribution in [2.24, 2.45) is 5.10 Å². The second-order valence-electron chi connectivity index (χ2n) is 6.77. The van der Waals surface area contributed by atoms with Gasteiger partial charge in [0.05, 0.1) is 11.7 Å². The molecule has 0 bridgehead atoms. The minimum absolute atomic E-state index is 0.0580. The fourth-order valence-electron chi connectivity index (χ4n) is 2.89. The Labute approximate surface area is 129 Å². The molecular weight excluding hydrogens is 282 g/mol. The molecule has 3 heterocycles. The van der Waals surface area contributed by atoms with Crippen LogP contribution in [0.2, 0.25) is 0 Å². The maximum atomic E-state index is 12.5. The number of aromatic nitrogens is 2. The van der Waals surface area contributed by atoms with Gasteiger partial charge in [0.25, 0.3) is 5.91 Å². The van der Waals surface area contributed by atoms with Crippen LogP contribution in [0.25, 0.3) is 0 Å². The van der Waals surface area contributed by atoms with Crippen LogP contribution in [0.4, 0.5) is 0 Å². The molecule has 2 aliphatic rings. The van der Waals surface area contributed by atoms with E-state index in [0.29, 0.717) is 31.6 Å². The fraction of sp³-hybridized carbons (Fsp3) is 0.600. The van der Waals surface area contributed by atoms with Gasteiger partial charge in [-0.25, -0.2) is 5.43 Å². The molecule has 0 saturated heterocycles. The SMILES string of the molecule is CC(C)(C)n1ncc2c1CCN(C(=O)C1=NNC(=O)CC1)C2. The summed E-state index contributed by atoms with van der Waals surface area (Å²) in [6.07, 6.45) is 3.38. The summed E-state index contributed by atoms with van der Waals surface area (Å²) in [4.78, 5) is 25.4. The zero-order chi connectivity index (χ0) is 15.9. The standard InChI is InChI=1S/C15H21N5O2/c1-15(2,3)20-12-6-7-19(9-10(12)8-16-20)14(22)11-4-5-13(21)18-17-11/h8H,4-7,9H2,1-3H3,(H,18,21). The van der Waals surface area contributed by atoms with Gasteiger partial charge in [-0.2, -0.15) is 10.2 Å². The highest BCUT2D eigenvalue weighted by Gasteiger charge is 2.30. The Morgan fingerprint density at radius 3 is 2.68 bits per heavy atom. The van der Waals surface area contributed by atoms with Gasteiger partial charge < -0.3 is 4.90 Å². The molecule has 1 aromatic heterocycles. The number of hydrogen-bond acceptors (Lipinski definition) is 4. The summed E-state index contributed by atoms with van der Waals surface area (Å²) >= 11 is 0. The maximum absolute atomic E-state index is 12.5. The lowest BCUT2D eigenvalue weighted by Crippen LogP contribution is -2.43. The Balaban J connectivity index is 1.76. The maximum Gasteiger partial charge on any atom is 0.270 e. The van der Waals surface area contributed by atoms with E-state index in [-0.39, 0.29) is 17.4 Å². The molecule has 0 radical (unpaired) electrons. The minimum atomic E-state index is -0.135. The van der Waals surface area contributed by atoms with E-state index < -0.39 is 0 Å². The lowest BCUT2D eigenvalue weighted by atomic mass is 10.0. The number of amides is 2. The van der Waals surface area contributed by atoms with Crippen LogP contribution < -0.4 is 5.43 Å². The van der Waals surface area contributed by atoms with Crippen molar-refractivity contribution in [3.05, 3.63) is 17.5 Å². The van der Waals surface area contributed by atoms with Gasteiger partial charge in [-0.1, -0.05) is 0 Å². The van der Waals surface area contributed by atoms with Gasteiger partial charge >= 0.3 is 0 Å². The molecule has 0 saturated carbocycles. The van der Waals surface area contributed by atoms with Crippen LogP contribution in [0, 0.1) is 0 Å². The van der Waals surface area contributed by atoms with E-state index >= 15 is 0 Å². The Bertz CT molecular complexity index is 653. The first kappa shape index (κ1) is 14.7. The number of hydrazone groups is 1. The predicted molar refractivity (Wildman–Crippen MR) is 81.2 cm³/mol. The van der Waals surface area contributed by atoms with Crippen LogP contribution in [0.3, 0.4) is 0 Å². The van der Waals surface area contributed by atoms with E-state index in [2.05, 4.69) is 36.4 Å². The molecule has 2 amide bonds. The zero-order valence-electron chi connectivity index (χ0n) is 13.2. The zero-order valence-corrected chi connectivity index (χ0v) is 13.2. The second-order valence-corrected chi connectivity index (χ2v) is 6.77. The Hall–Kier alpha value is -2.18. The van der Waals surface area contributed by atoms with Crippen LogP contribution in [0.15, 0.2) is 11.3 Å². The second kappa shape index (κ2) is 5.23. The van der Waals surface area contributed by atoms with E-state index in [0.717, 1.165) is 12.0 Å². The van der Waals surface area contributed by atoms with E-state index in [1.807, 2.05) is 10.9 Å². The Morgan fingerprint density at radius 2 is 2.05 bits per heavy atom. The minimum Gasteiger partial charge on any atom is -0.333 e. The summed E-state index contributed by atoms with van der Waals surface area (Å²) in [6.45, 7) is 7.57. The first-order valence-electron chi connectivity index (χ1n) is 7.57. The summed E-state index contributed by atoms with van der Waals surface area (Å²) in [5, 5.41) is 8.37. The molecule has 22 heavy (non-hydrogen) atoms. The third kappa shape index (κ3) is 2.63. The smallest absolute Gasteiger partial charge is 0.270 e. The largest absolute Gasteiger partial charge is 0.333 e. The quantitative estimate of drug-likeness (QED) is 0.833. The number of carbonyl (C=O) groups is 2. The Kier molecular flexibility index (Phi) is 3.50. The average Bonchev–Trinajstić information content (AvgIpc) is 2.90. The highest BCUT2D eigenvalue weighted by molar-refractivity contribution is 6.39. The van der Waals surface area contributed by atoms with Gasteiger partial charge in [0.1, 0.15) is 5.71 Å². The molecule has 0 spiro atoms. The molecule has 7 nitrogen and oxygen atoms in total. The van der Waals surface area contributed by atoms with Crippen molar-refractivity contribution in [2.75, 3.05) is 6.54 Å². The molecule has 1 aromatic rings. The van der Waals surface area contributed by atoms with Crippen molar-refractivity contribution in [2.45, 2.75) is 52.1 Å². The molecule has 118 valence electrons. The van der Waals surface area contributed by atoms with Crippen molar-refractivity contribution in [3.63, 3.8) is 0 Å². The number of fused-ring (bicyclic) bond motifs is 1. The average molecular weight is 303 g/mol. The normalized spacial score (nSPS) is 18.6. The van der Waals surface area contributed by atoms with E-state index in [1.165, 1.54) is 5.69 Å². The first-order chi connectivity index (χ1) is 10.4. The molecule has 1 N–H and O–H groups in total. The number of nitrogens with zero attached hydrogens (tertiary/aromatic N) is 4. The van der Waals surface area contributed by atoms with Gasteiger partial charge in [-0.15, -0.1) is 0 Å². The van der Waals surface area contributed by atoms with Crippen LogP contribution in [-0.2, 0) is 28.1 Å². The Morgan fingerprint density at radius 1 is 1.27 bits per heavy atom. The molecule has 3 rings (SSSR count). The third-order valence-corrected chi connectivity index (χ3v) is 4.01. The molecule has 0 fully saturated rings. The summed E-state index contributed by atoms with van der Waals surface area (Å²) in [5.74, 6) is -0.224. The predicted octanol–water partition coefficient (Wildman–Crippen LogP) is 0.789. The number of carbonyl (C=O) groups excluding carboxylic acids is 2. The van der Waals surface area contributed by atoms with Crippen molar-refractivity contribution < 1.29 is 9.59 Å². The monoisotopic (exact) mass is 303 g/mol. The molecule has 0 unspecified atom stereocenters. The summed E-state index contributed by atoms with van der Waals surface area (Å²) in [7, 11) is 0. The fourth-order valence-corrected chi connectivity index (χ4v) is 2.89. The van der Waals surface area contributed by atoms with Crippen molar-refractivity contribution in [1.82, 2.24) is 20.1 Å². The molecule has 0 aliphatic carbocycles. The lowest BCUT2D eigenvalue weighted by Gasteiger charge is -2.30. The lowest BCUT2D eigenvalue weighted by molar-refractivity contribution is -0.125. The van der Waals surface area contributed by atoms with Crippen LogP contribution >= 0.6 is 0 Å². The summed E-state index contributed by atoms with van der Waals surface area (Å²) in [6, 6.07) is 0.